The van der Waals surface area contributed by atoms with Crippen LogP contribution in [0, 0.1) is 11.3 Å². The summed E-state index contributed by atoms with van der Waals surface area (Å²) in [6.07, 6.45) is 1.39. The average molecular weight is 463 g/mol. The lowest BCUT2D eigenvalue weighted by Gasteiger charge is -2.12. The van der Waals surface area contributed by atoms with E-state index in [4.69, 9.17) is 37.4 Å². The quantitative estimate of drug-likeness (QED) is 0.324. The van der Waals surface area contributed by atoms with E-state index in [-0.39, 0.29) is 34.5 Å². The lowest BCUT2D eigenvalue weighted by atomic mass is 10.1. The summed E-state index contributed by atoms with van der Waals surface area (Å²) in [7, 11) is 0. The van der Waals surface area contributed by atoms with Gasteiger partial charge < -0.3 is 19.5 Å². The smallest absolute Gasteiger partial charge is 0.344 e. The fraction of sp³-hybridized carbons (Fsp3) is 0.227. The standard InChI is InChI=1S/C22H20Cl2N2O5/c1-3-29-19-11-14(8-9-18(19)31-13-20(27)30-4-2)10-15(12-25)22(28)26-17-7-5-6-16(23)21(17)24/h5-11H,3-4,13H2,1-2H3,(H,26,28)/b15-10-. The number of amides is 1. The predicted octanol–water partition coefficient (Wildman–Crippen LogP) is 4.88. The summed E-state index contributed by atoms with van der Waals surface area (Å²) in [6, 6.07) is 11.5. The fourth-order valence-corrected chi connectivity index (χ4v) is 2.79. The van der Waals surface area contributed by atoms with E-state index in [0.717, 1.165) is 0 Å². The van der Waals surface area contributed by atoms with Crippen LogP contribution in [-0.4, -0.2) is 31.7 Å². The first kappa shape index (κ1) is 24.1. The molecule has 0 spiro atoms. The van der Waals surface area contributed by atoms with Crippen molar-refractivity contribution in [2.75, 3.05) is 25.1 Å². The number of carbonyl (C=O) groups excluding carboxylic acids is 2. The third kappa shape index (κ3) is 6.92. The van der Waals surface area contributed by atoms with E-state index in [1.54, 1.807) is 50.2 Å². The van der Waals surface area contributed by atoms with E-state index in [0.29, 0.717) is 23.7 Å². The van der Waals surface area contributed by atoms with Gasteiger partial charge in [-0.05, 0) is 49.8 Å². The first-order valence-corrected chi connectivity index (χ1v) is 10.1. The number of nitrogens with zero attached hydrogens (tertiary/aromatic N) is 1. The number of carbonyl (C=O) groups is 2. The van der Waals surface area contributed by atoms with Gasteiger partial charge in [0.25, 0.3) is 5.91 Å². The van der Waals surface area contributed by atoms with E-state index in [1.807, 2.05) is 6.07 Å². The number of esters is 1. The number of nitriles is 1. The van der Waals surface area contributed by atoms with Gasteiger partial charge in [-0.3, -0.25) is 4.79 Å². The fourth-order valence-electron chi connectivity index (χ4n) is 2.45. The third-order valence-electron chi connectivity index (χ3n) is 3.79. The molecular formula is C22H20Cl2N2O5. The van der Waals surface area contributed by atoms with E-state index < -0.39 is 11.9 Å². The maximum Gasteiger partial charge on any atom is 0.344 e. The van der Waals surface area contributed by atoms with Crippen LogP contribution in [0.1, 0.15) is 19.4 Å². The zero-order valence-corrected chi connectivity index (χ0v) is 18.4. The molecule has 0 aliphatic heterocycles. The summed E-state index contributed by atoms with van der Waals surface area (Å²) in [6.45, 7) is 3.83. The van der Waals surface area contributed by atoms with Crippen LogP contribution in [0.4, 0.5) is 5.69 Å². The second kappa shape index (κ2) is 11.8. The minimum Gasteiger partial charge on any atom is -0.490 e. The summed E-state index contributed by atoms with van der Waals surface area (Å²) in [4.78, 5) is 24.0. The van der Waals surface area contributed by atoms with Crippen molar-refractivity contribution in [3.63, 3.8) is 0 Å². The molecule has 0 heterocycles. The van der Waals surface area contributed by atoms with Crippen LogP contribution >= 0.6 is 23.2 Å². The second-order valence-corrected chi connectivity index (χ2v) is 6.74. The largest absolute Gasteiger partial charge is 0.490 e. The highest BCUT2D eigenvalue weighted by molar-refractivity contribution is 6.44. The number of hydrogen-bond donors (Lipinski definition) is 1. The van der Waals surface area contributed by atoms with Gasteiger partial charge in [0.05, 0.1) is 28.9 Å². The highest BCUT2D eigenvalue weighted by Gasteiger charge is 2.14. The maximum atomic E-state index is 12.5. The van der Waals surface area contributed by atoms with Gasteiger partial charge in [-0.25, -0.2) is 4.79 Å². The Bertz CT molecular complexity index is 1030. The van der Waals surface area contributed by atoms with Crippen molar-refractivity contribution in [1.29, 1.82) is 5.26 Å². The maximum absolute atomic E-state index is 12.5. The molecule has 1 N–H and O–H groups in total. The molecule has 2 aromatic carbocycles. The lowest BCUT2D eigenvalue weighted by Crippen LogP contribution is -2.15. The molecule has 0 aromatic heterocycles. The zero-order valence-electron chi connectivity index (χ0n) is 16.9. The molecule has 0 saturated heterocycles. The number of benzene rings is 2. The lowest BCUT2D eigenvalue weighted by molar-refractivity contribution is -0.145. The first-order valence-electron chi connectivity index (χ1n) is 9.32. The summed E-state index contributed by atoms with van der Waals surface area (Å²) in [5.74, 6) is -0.457. The van der Waals surface area contributed by atoms with E-state index in [2.05, 4.69) is 5.32 Å². The second-order valence-electron chi connectivity index (χ2n) is 5.96. The molecule has 0 fully saturated rings. The molecule has 2 aromatic rings. The topological polar surface area (TPSA) is 97.7 Å². The Kier molecular flexibility index (Phi) is 9.19. The third-order valence-corrected chi connectivity index (χ3v) is 4.61. The van der Waals surface area contributed by atoms with Gasteiger partial charge >= 0.3 is 5.97 Å². The molecule has 162 valence electrons. The predicted molar refractivity (Wildman–Crippen MR) is 118 cm³/mol. The highest BCUT2D eigenvalue weighted by atomic mass is 35.5. The Morgan fingerprint density at radius 2 is 1.87 bits per heavy atom. The number of nitrogens with one attached hydrogen (secondary N) is 1. The Morgan fingerprint density at radius 3 is 2.55 bits per heavy atom. The number of halogens is 2. The van der Waals surface area contributed by atoms with Crippen molar-refractivity contribution in [3.8, 4) is 17.6 Å². The minimum absolute atomic E-state index is 0.154. The van der Waals surface area contributed by atoms with Crippen molar-refractivity contribution in [1.82, 2.24) is 0 Å². The Labute approximate surface area is 190 Å². The van der Waals surface area contributed by atoms with Crippen molar-refractivity contribution in [3.05, 3.63) is 57.6 Å². The zero-order chi connectivity index (χ0) is 22.8. The highest BCUT2D eigenvalue weighted by Crippen LogP contribution is 2.31. The van der Waals surface area contributed by atoms with Crippen molar-refractivity contribution in [2.45, 2.75) is 13.8 Å². The van der Waals surface area contributed by atoms with Crippen LogP contribution in [0.3, 0.4) is 0 Å². The van der Waals surface area contributed by atoms with Crippen LogP contribution < -0.4 is 14.8 Å². The molecule has 0 saturated carbocycles. The average Bonchev–Trinajstić information content (AvgIpc) is 2.75. The van der Waals surface area contributed by atoms with Gasteiger partial charge in [-0.1, -0.05) is 35.3 Å². The Balaban J connectivity index is 2.23. The minimum atomic E-state index is -0.646. The summed E-state index contributed by atoms with van der Waals surface area (Å²) in [5.41, 5.74) is 0.660. The molecule has 0 aliphatic carbocycles. The number of hydrogen-bond acceptors (Lipinski definition) is 6. The Morgan fingerprint density at radius 1 is 1.10 bits per heavy atom. The normalized spacial score (nSPS) is 10.7. The van der Waals surface area contributed by atoms with Crippen molar-refractivity contribution in [2.24, 2.45) is 0 Å². The molecule has 0 unspecified atom stereocenters. The summed E-state index contributed by atoms with van der Waals surface area (Å²) < 4.78 is 15.8. The summed E-state index contributed by atoms with van der Waals surface area (Å²) in [5, 5.41) is 12.5. The molecule has 2 rings (SSSR count). The molecule has 0 bridgehead atoms. The first-order chi connectivity index (χ1) is 14.9. The van der Waals surface area contributed by atoms with E-state index >= 15 is 0 Å². The van der Waals surface area contributed by atoms with Gasteiger partial charge in [0.1, 0.15) is 11.6 Å². The van der Waals surface area contributed by atoms with E-state index in [1.165, 1.54) is 6.08 Å². The van der Waals surface area contributed by atoms with Crippen LogP contribution in [0.5, 0.6) is 11.5 Å². The van der Waals surface area contributed by atoms with Crippen LogP contribution in [-0.2, 0) is 14.3 Å². The van der Waals surface area contributed by atoms with Gasteiger partial charge in [0.15, 0.2) is 18.1 Å². The van der Waals surface area contributed by atoms with Gasteiger partial charge in [-0.15, -0.1) is 0 Å². The van der Waals surface area contributed by atoms with Crippen LogP contribution in [0.15, 0.2) is 42.0 Å². The monoisotopic (exact) mass is 462 g/mol. The van der Waals surface area contributed by atoms with Crippen LogP contribution in [0.25, 0.3) is 6.08 Å². The van der Waals surface area contributed by atoms with Crippen molar-refractivity contribution < 1.29 is 23.8 Å². The molecule has 0 radical (unpaired) electrons. The van der Waals surface area contributed by atoms with Gasteiger partial charge in [0.2, 0.25) is 0 Å². The van der Waals surface area contributed by atoms with E-state index in [9.17, 15) is 14.9 Å². The number of anilines is 1. The molecule has 0 atom stereocenters. The van der Waals surface area contributed by atoms with Crippen LogP contribution in [0.2, 0.25) is 10.0 Å². The molecule has 31 heavy (non-hydrogen) atoms. The van der Waals surface area contributed by atoms with Crippen molar-refractivity contribution >= 4 is 46.8 Å². The van der Waals surface area contributed by atoms with Gasteiger partial charge in [-0.2, -0.15) is 5.26 Å². The van der Waals surface area contributed by atoms with Gasteiger partial charge in [0, 0.05) is 0 Å². The molecular weight excluding hydrogens is 443 g/mol. The Hall–Kier alpha value is -3.21. The molecule has 1 amide bonds. The number of rotatable bonds is 9. The SMILES string of the molecule is CCOC(=O)COc1ccc(/C=C(/C#N)C(=O)Nc2cccc(Cl)c2Cl)cc1OCC. The molecule has 0 aliphatic rings. The molecule has 9 heteroatoms. The summed E-state index contributed by atoms with van der Waals surface area (Å²) >= 11 is 12.0. The molecule has 7 nitrogen and oxygen atoms in total. The number of ether oxygens (including phenoxy) is 3.